The molecule has 0 atom stereocenters. The van der Waals surface area contributed by atoms with E-state index in [0.29, 0.717) is 0 Å². The number of nitriles is 1. The largest absolute Gasteiger partial charge is 0.366 e. The van der Waals surface area contributed by atoms with E-state index in [-0.39, 0.29) is 0 Å². The van der Waals surface area contributed by atoms with E-state index in [1.807, 2.05) is 24.3 Å². The molecule has 0 spiro atoms. The van der Waals surface area contributed by atoms with Crippen molar-refractivity contribution in [3.8, 4) is 6.07 Å². The summed E-state index contributed by atoms with van der Waals surface area (Å²) in [4.78, 5) is 0. The average molecular weight is 280 g/mol. The molecule has 2 N–H and O–H groups in total. The van der Waals surface area contributed by atoms with Crippen LogP contribution in [0.5, 0.6) is 0 Å². The number of piperidine rings is 1. The highest BCUT2D eigenvalue weighted by Crippen LogP contribution is 2.28. The summed E-state index contributed by atoms with van der Waals surface area (Å²) in [5.41, 5.74) is 0.570. The summed E-state index contributed by atoms with van der Waals surface area (Å²) in [5, 5.41) is 16.0. The fourth-order valence-electron chi connectivity index (χ4n) is 1.94. The van der Waals surface area contributed by atoms with Crippen LogP contribution in [-0.2, 0) is 0 Å². The molecule has 1 saturated heterocycles. The highest BCUT2D eigenvalue weighted by molar-refractivity contribution is 9.10. The second-order valence-electron chi connectivity index (χ2n) is 4.05. The standard InChI is InChI=1S/C12H14BrN3/c13-10-3-1-2-4-11(10)16-12(9-14)5-7-15-8-6-12/h1-4,15-16H,5-8H2. The number of rotatable bonds is 2. The molecule has 0 aromatic heterocycles. The normalized spacial score (nSPS) is 18.8. The zero-order valence-corrected chi connectivity index (χ0v) is 10.5. The van der Waals surface area contributed by atoms with Gasteiger partial charge < -0.3 is 10.6 Å². The molecule has 0 bridgehead atoms. The number of nitrogens with one attached hydrogen (secondary N) is 2. The van der Waals surface area contributed by atoms with Crippen molar-refractivity contribution in [2.45, 2.75) is 18.4 Å². The van der Waals surface area contributed by atoms with Gasteiger partial charge in [-0.15, -0.1) is 0 Å². The lowest BCUT2D eigenvalue weighted by atomic mass is 9.89. The maximum atomic E-state index is 9.34. The highest BCUT2D eigenvalue weighted by atomic mass is 79.9. The van der Waals surface area contributed by atoms with Crippen molar-refractivity contribution >= 4 is 21.6 Å². The van der Waals surface area contributed by atoms with E-state index in [1.165, 1.54) is 0 Å². The van der Waals surface area contributed by atoms with Gasteiger partial charge in [0.15, 0.2) is 0 Å². The maximum absolute atomic E-state index is 9.34. The molecule has 2 rings (SSSR count). The second kappa shape index (κ2) is 4.86. The Hall–Kier alpha value is -1.05. The van der Waals surface area contributed by atoms with Crippen LogP contribution in [0.15, 0.2) is 28.7 Å². The van der Waals surface area contributed by atoms with Crippen molar-refractivity contribution in [3.05, 3.63) is 28.7 Å². The Morgan fingerprint density at radius 3 is 2.62 bits per heavy atom. The van der Waals surface area contributed by atoms with E-state index in [9.17, 15) is 5.26 Å². The molecule has 1 aliphatic heterocycles. The van der Waals surface area contributed by atoms with Crippen LogP contribution in [0.25, 0.3) is 0 Å². The van der Waals surface area contributed by atoms with Crippen LogP contribution in [0.1, 0.15) is 12.8 Å². The van der Waals surface area contributed by atoms with Crippen molar-refractivity contribution in [1.29, 1.82) is 5.26 Å². The van der Waals surface area contributed by atoms with Gasteiger partial charge in [-0.3, -0.25) is 0 Å². The summed E-state index contributed by atoms with van der Waals surface area (Å²) in [6, 6.07) is 10.3. The molecule has 1 fully saturated rings. The SMILES string of the molecule is N#CC1(Nc2ccccc2Br)CCNCC1. The van der Waals surface area contributed by atoms with Crippen molar-refractivity contribution in [3.63, 3.8) is 0 Å². The fourth-order valence-corrected chi connectivity index (χ4v) is 2.32. The van der Waals surface area contributed by atoms with Gasteiger partial charge in [0.05, 0.1) is 6.07 Å². The second-order valence-corrected chi connectivity index (χ2v) is 4.90. The van der Waals surface area contributed by atoms with E-state index in [4.69, 9.17) is 0 Å². The van der Waals surface area contributed by atoms with Crippen molar-refractivity contribution in [1.82, 2.24) is 5.32 Å². The van der Waals surface area contributed by atoms with Crippen LogP contribution >= 0.6 is 15.9 Å². The van der Waals surface area contributed by atoms with Crippen LogP contribution in [0.2, 0.25) is 0 Å². The summed E-state index contributed by atoms with van der Waals surface area (Å²) < 4.78 is 1.00. The third-order valence-electron chi connectivity index (χ3n) is 2.92. The maximum Gasteiger partial charge on any atom is 0.127 e. The molecular formula is C12H14BrN3. The molecule has 3 nitrogen and oxygen atoms in total. The molecule has 16 heavy (non-hydrogen) atoms. The Morgan fingerprint density at radius 1 is 1.31 bits per heavy atom. The topological polar surface area (TPSA) is 47.9 Å². The van der Waals surface area contributed by atoms with Gasteiger partial charge in [0.25, 0.3) is 0 Å². The smallest absolute Gasteiger partial charge is 0.127 e. The van der Waals surface area contributed by atoms with Crippen molar-refractivity contribution < 1.29 is 0 Å². The van der Waals surface area contributed by atoms with Gasteiger partial charge in [0.1, 0.15) is 5.54 Å². The van der Waals surface area contributed by atoms with Gasteiger partial charge in [0.2, 0.25) is 0 Å². The molecule has 0 aliphatic carbocycles. The summed E-state index contributed by atoms with van der Waals surface area (Å²) in [7, 11) is 0. The lowest BCUT2D eigenvalue weighted by Crippen LogP contribution is -2.46. The molecule has 0 unspecified atom stereocenters. The number of anilines is 1. The van der Waals surface area contributed by atoms with E-state index < -0.39 is 5.54 Å². The first-order valence-electron chi connectivity index (χ1n) is 5.40. The third kappa shape index (κ3) is 2.37. The van der Waals surface area contributed by atoms with Gasteiger partial charge in [-0.25, -0.2) is 0 Å². The van der Waals surface area contributed by atoms with Gasteiger partial charge in [-0.05, 0) is 54.0 Å². The van der Waals surface area contributed by atoms with Gasteiger partial charge in [-0.1, -0.05) is 12.1 Å². The first-order chi connectivity index (χ1) is 7.76. The molecule has 1 aromatic carbocycles. The third-order valence-corrected chi connectivity index (χ3v) is 3.61. The minimum absolute atomic E-state index is 0.422. The number of nitrogens with zero attached hydrogens (tertiary/aromatic N) is 1. The summed E-state index contributed by atoms with van der Waals surface area (Å²) in [6.45, 7) is 1.79. The zero-order valence-electron chi connectivity index (χ0n) is 8.96. The molecule has 0 saturated carbocycles. The van der Waals surface area contributed by atoms with E-state index >= 15 is 0 Å². The fraction of sp³-hybridized carbons (Fsp3) is 0.417. The molecule has 4 heteroatoms. The molecule has 0 amide bonds. The van der Waals surface area contributed by atoms with Crippen LogP contribution < -0.4 is 10.6 Å². The molecule has 84 valence electrons. The van der Waals surface area contributed by atoms with E-state index in [2.05, 4.69) is 32.6 Å². The first kappa shape index (κ1) is 11.4. The molecule has 1 aromatic rings. The molecule has 1 aliphatic rings. The van der Waals surface area contributed by atoms with Gasteiger partial charge in [-0.2, -0.15) is 5.26 Å². The van der Waals surface area contributed by atoms with Gasteiger partial charge in [0, 0.05) is 10.2 Å². The van der Waals surface area contributed by atoms with E-state index in [1.54, 1.807) is 0 Å². The lowest BCUT2D eigenvalue weighted by Gasteiger charge is -2.33. The summed E-state index contributed by atoms with van der Waals surface area (Å²) in [6.07, 6.45) is 1.68. The number of hydrogen-bond donors (Lipinski definition) is 2. The Morgan fingerprint density at radius 2 is 2.00 bits per heavy atom. The van der Waals surface area contributed by atoms with Crippen molar-refractivity contribution in [2.75, 3.05) is 18.4 Å². The number of para-hydroxylation sites is 1. The summed E-state index contributed by atoms with van der Waals surface area (Å²) >= 11 is 3.49. The molecule has 0 radical (unpaired) electrons. The van der Waals surface area contributed by atoms with Crippen LogP contribution in [-0.4, -0.2) is 18.6 Å². The Balaban J connectivity index is 2.19. The Kier molecular flexibility index (Phi) is 3.47. The minimum atomic E-state index is -0.422. The quantitative estimate of drug-likeness (QED) is 0.875. The molecular weight excluding hydrogens is 266 g/mol. The number of benzene rings is 1. The lowest BCUT2D eigenvalue weighted by molar-refractivity contribution is 0.409. The highest BCUT2D eigenvalue weighted by Gasteiger charge is 2.32. The van der Waals surface area contributed by atoms with Crippen LogP contribution in [0.3, 0.4) is 0 Å². The Bertz CT molecular complexity index is 405. The number of halogens is 1. The zero-order chi connectivity index (χ0) is 11.4. The average Bonchev–Trinajstić information content (AvgIpc) is 2.33. The van der Waals surface area contributed by atoms with Gasteiger partial charge >= 0.3 is 0 Å². The minimum Gasteiger partial charge on any atom is -0.366 e. The van der Waals surface area contributed by atoms with Crippen molar-refractivity contribution in [2.24, 2.45) is 0 Å². The van der Waals surface area contributed by atoms with E-state index in [0.717, 1.165) is 36.1 Å². The predicted molar refractivity (Wildman–Crippen MR) is 68.2 cm³/mol. The molecule has 1 heterocycles. The monoisotopic (exact) mass is 279 g/mol. The summed E-state index contributed by atoms with van der Waals surface area (Å²) in [5.74, 6) is 0. The first-order valence-corrected chi connectivity index (χ1v) is 6.20. The predicted octanol–water partition coefficient (Wildman–Crippen LogP) is 2.51. The van der Waals surface area contributed by atoms with Crippen LogP contribution in [0, 0.1) is 11.3 Å². The van der Waals surface area contributed by atoms with Crippen LogP contribution in [0.4, 0.5) is 5.69 Å². The Labute approximate surface area is 104 Å². The number of hydrogen-bond acceptors (Lipinski definition) is 3.